The molecule has 1 aromatic carbocycles. The zero-order valence-electron chi connectivity index (χ0n) is 15.1. The molecule has 2 aromatic heterocycles. The molecule has 0 aliphatic heterocycles. The highest BCUT2D eigenvalue weighted by Gasteiger charge is 2.16. The molecule has 0 radical (unpaired) electrons. The minimum atomic E-state index is -4.03. The van der Waals surface area contributed by atoms with Gasteiger partial charge in [-0.1, -0.05) is 0 Å². The minimum absolute atomic E-state index is 0.0110. The van der Waals surface area contributed by atoms with Crippen LogP contribution >= 0.6 is 0 Å². The molecule has 0 bridgehead atoms. The summed E-state index contributed by atoms with van der Waals surface area (Å²) in [6, 6.07) is 3.83. The third kappa shape index (κ3) is 4.67. The van der Waals surface area contributed by atoms with Crippen molar-refractivity contribution in [2.24, 2.45) is 0 Å². The predicted molar refractivity (Wildman–Crippen MR) is 98.7 cm³/mol. The summed E-state index contributed by atoms with van der Waals surface area (Å²) in [7, 11) is -4.03. The van der Waals surface area contributed by atoms with Crippen molar-refractivity contribution in [1.82, 2.24) is 24.2 Å². The number of hydrogen-bond acceptors (Lipinski definition) is 6. The molecule has 28 heavy (non-hydrogen) atoms. The maximum Gasteiger partial charge on any atom is 0.240 e. The van der Waals surface area contributed by atoms with Crippen molar-refractivity contribution < 1.29 is 17.2 Å². The van der Waals surface area contributed by atoms with Gasteiger partial charge >= 0.3 is 0 Å². The van der Waals surface area contributed by atoms with Gasteiger partial charge in [-0.05, 0) is 26.0 Å². The van der Waals surface area contributed by atoms with Gasteiger partial charge in [-0.15, -0.1) is 0 Å². The Balaban J connectivity index is 1.64. The van der Waals surface area contributed by atoms with Crippen LogP contribution in [0.5, 0.6) is 0 Å². The van der Waals surface area contributed by atoms with Crippen LogP contribution in [0.4, 0.5) is 14.6 Å². The van der Waals surface area contributed by atoms with Crippen molar-refractivity contribution in [2.45, 2.75) is 18.7 Å². The average molecular weight is 408 g/mol. The molecule has 3 aromatic rings. The third-order valence-corrected chi connectivity index (χ3v) is 5.21. The smallest absolute Gasteiger partial charge is 0.240 e. The van der Waals surface area contributed by atoms with E-state index < -0.39 is 26.6 Å². The van der Waals surface area contributed by atoms with Gasteiger partial charge in [0, 0.05) is 37.6 Å². The average Bonchev–Trinajstić information content (AvgIpc) is 3.03. The highest BCUT2D eigenvalue weighted by Crippen LogP contribution is 2.14. The van der Waals surface area contributed by atoms with E-state index in [2.05, 4.69) is 25.0 Å². The molecule has 148 valence electrons. The summed E-state index contributed by atoms with van der Waals surface area (Å²) < 4.78 is 54.8. The molecule has 0 unspecified atom stereocenters. The lowest BCUT2D eigenvalue weighted by molar-refractivity contribution is 0.562. The maximum absolute atomic E-state index is 13.2. The van der Waals surface area contributed by atoms with Gasteiger partial charge in [-0.3, -0.25) is 4.57 Å². The molecule has 8 nitrogen and oxygen atoms in total. The molecule has 3 rings (SSSR count). The summed E-state index contributed by atoms with van der Waals surface area (Å²) >= 11 is 0. The first-order valence-electron chi connectivity index (χ1n) is 8.30. The van der Waals surface area contributed by atoms with Crippen molar-refractivity contribution in [1.29, 1.82) is 0 Å². The molecule has 0 saturated carbocycles. The lowest BCUT2D eigenvalue weighted by Gasteiger charge is -2.11. The summed E-state index contributed by atoms with van der Waals surface area (Å²) in [5, 5.41) is 2.99. The normalized spacial score (nSPS) is 11.6. The fraction of sp³-hybridized carbons (Fsp3) is 0.235. The number of aromatic nitrogens is 4. The molecule has 2 N–H and O–H groups in total. The van der Waals surface area contributed by atoms with Crippen molar-refractivity contribution >= 4 is 15.8 Å². The third-order valence-electron chi connectivity index (χ3n) is 3.77. The predicted octanol–water partition coefficient (Wildman–Crippen LogP) is 1.95. The van der Waals surface area contributed by atoms with E-state index in [-0.39, 0.29) is 13.1 Å². The fourth-order valence-corrected chi connectivity index (χ4v) is 3.60. The van der Waals surface area contributed by atoms with E-state index in [1.165, 1.54) is 0 Å². The van der Waals surface area contributed by atoms with Crippen LogP contribution in [0.25, 0.3) is 5.82 Å². The van der Waals surface area contributed by atoms with Crippen LogP contribution in [0.15, 0.2) is 41.6 Å². The number of nitrogens with zero attached hydrogens (tertiary/aromatic N) is 4. The second-order valence-electron chi connectivity index (χ2n) is 5.93. The van der Waals surface area contributed by atoms with Crippen molar-refractivity contribution in [3.05, 3.63) is 59.9 Å². The second-order valence-corrected chi connectivity index (χ2v) is 7.70. The molecule has 2 heterocycles. The molecular formula is C17H18F2N6O2S. The Kier molecular flexibility index (Phi) is 5.66. The Morgan fingerprint density at radius 3 is 2.39 bits per heavy atom. The van der Waals surface area contributed by atoms with Crippen molar-refractivity contribution in [2.75, 3.05) is 18.4 Å². The SMILES string of the molecule is Cc1nc(NCCNS(=O)(=O)c2cc(F)cc(F)c2)cc(-n2ccnc2C)n1. The number of hydrogen-bond donors (Lipinski definition) is 2. The van der Waals surface area contributed by atoms with Gasteiger partial charge in [0.25, 0.3) is 0 Å². The number of nitrogens with one attached hydrogen (secondary N) is 2. The van der Waals surface area contributed by atoms with E-state index in [1.807, 2.05) is 6.92 Å². The molecule has 0 spiro atoms. The number of imidazole rings is 1. The van der Waals surface area contributed by atoms with Gasteiger partial charge in [0.2, 0.25) is 10.0 Å². The molecular weight excluding hydrogens is 390 g/mol. The summed E-state index contributed by atoms with van der Waals surface area (Å²) in [6.45, 7) is 3.77. The lowest BCUT2D eigenvalue weighted by Crippen LogP contribution is -2.29. The number of halogens is 2. The lowest BCUT2D eigenvalue weighted by atomic mass is 10.3. The fourth-order valence-electron chi connectivity index (χ4n) is 2.53. The summed E-state index contributed by atoms with van der Waals surface area (Å²) in [5.74, 6) is 0.505. The minimum Gasteiger partial charge on any atom is -0.369 e. The van der Waals surface area contributed by atoms with E-state index in [1.54, 1.807) is 30.0 Å². The van der Waals surface area contributed by atoms with Gasteiger partial charge in [0.15, 0.2) is 0 Å². The number of sulfonamides is 1. The van der Waals surface area contributed by atoms with Crippen LogP contribution in [0.2, 0.25) is 0 Å². The van der Waals surface area contributed by atoms with E-state index >= 15 is 0 Å². The Bertz CT molecular complexity index is 1080. The summed E-state index contributed by atoms with van der Waals surface area (Å²) in [5.41, 5.74) is 0. The highest BCUT2D eigenvalue weighted by atomic mass is 32.2. The zero-order valence-corrected chi connectivity index (χ0v) is 16.0. The van der Waals surface area contributed by atoms with Gasteiger partial charge in [0.1, 0.15) is 34.9 Å². The van der Waals surface area contributed by atoms with E-state index in [0.29, 0.717) is 23.5 Å². The Labute approximate surface area is 160 Å². The van der Waals surface area contributed by atoms with Gasteiger partial charge in [0.05, 0.1) is 4.90 Å². The van der Waals surface area contributed by atoms with Gasteiger partial charge < -0.3 is 5.32 Å². The van der Waals surface area contributed by atoms with E-state index in [9.17, 15) is 17.2 Å². The Hall–Kier alpha value is -2.92. The molecule has 0 fully saturated rings. The molecule has 0 aliphatic rings. The largest absolute Gasteiger partial charge is 0.369 e. The summed E-state index contributed by atoms with van der Waals surface area (Å²) in [6.07, 6.45) is 3.43. The highest BCUT2D eigenvalue weighted by molar-refractivity contribution is 7.89. The zero-order chi connectivity index (χ0) is 20.3. The number of rotatable bonds is 7. The first-order chi connectivity index (χ1) is 13.2. The number of anilines is 1. The molecule has 0 aliphatic carbocycles. The van der Waals surface area contributed by atoms with Crippen LogP contribution in [-0.4, -0.2) is 41.0 Å². The van der Waals surface area contributed by atoms with Crippen LogP contribution in [0, 0.1) is 25.5 Å². The number of benzene rings is 1. The second kappa shape index (κ2) is 7.98. The number of aryl methyl sites for hydroxylation is 2. The first-order valence-corrected chi connectivity index (χ1v) is 9.78. The monoisotopic (exact) mass is 408 g/mol. The van der Waals surface area contributed by atoms with E-state index in [4.69, 9.17) is 0 Å². The van der Waals surface area contributed by atoms with E-state index in [0.717, 1.165) is 18.0 Å². The van der Waals surface area contributed by atoms with Crippen LogP contribution in [0.3, 0.4) is 0 Å². The van der Waals surface area contributed by atoms with Crippen molar-refractivity contribution in [3.63, 3.8) is 0 Å². The van der Waals surface area contributed by atoms with Crippen LogP contribution < -0.4 is 10.0 Å². The van der Waals surface area contributed by atoms with Gasteiger partial charge in [-0.25, -0.2) is 36.9 Å². The quantitative estimate of drug-likeness (QED) is 0.580. The first kappa shape index (κ1) is 19.8. The summed E-state index contributed by atoms with van der Waals surface area (Å²) in [4.78, 5) is 12.3. The molecule has 11 heteroatoms. The molecule has 0 atom stereocenters. The maximum atomic E-state index is 13.2. The van der Waals surface area contributed by atoms with Crippen LogP contribution in [0.1, 0.15) is 11.6 Å². The molecule has 0 saturated heterocycles. The standard InChI is InChI=1S/C17H18F2N6O2S/c1-11-23-16(10-17(24-11)25-6-5-20-12(25)2)21-3-4-22-28(26,27)15-8-13(18)7-14(19)9-15/h5-10,22H,3-4H2,1-2H3,(H,21,23,24). The Morgan fingerprint density at radius 2 is 1.75 bits per heavy atom. The Morgan fingerprint density at radius 1 is 1.04 bits per heavy atom. The van der Waals surface area contributed by atoms with Gasteiger partial charge in [-0.2, -0.15) is 0 Å². The van der Waals surface area contributed by atoms with Crippen LogP contribution in [-0.2, 0) is 10.0 Å². The molecule has 0 amide bonds. The topological polar surface area (TPSA) is 102 Å². The van der Waals surface area contributed by atoms with Crippen molar-refractivity contribution in [3.8, 4) is 5.82 Å².